The molecule has 1 amide bonds. The number of hydrogen-bond acceptors (Lipinski definition) is 6. The minimum absolute atomic E-state index is 0.0198. The maximum Gasteiger partial charge on any atom is 0.295 e. The summed E-state index contributed by atoms with van der Waals surface area (Å²) in [5, 5.41) is 10.9. The number of aryl methyl sites for hydroxylation is 1. The van der Waals surface area contributed by atoms with Gasteiger partial charge in [-0.1, -0.05) is 12.1 Å². The number of aliphatic hydroxyl groups excluding tert-OH is 1. The predicted octanol–water partition coefficient (Wildman–Crippen LogP) is 2.58. The van der Waals surface area contributed by atoms with Crippen LogP contribution in [0, 0.1) is 6.92 Å². The summed E-state index contributed by atoms with van der Waals surface area (Å²) in [5.74, 6) is 0.0258. The van der Waals surface area contributed by atoms with Gasteiger partial charge in [-0.05, 0) is 45.3 Å². The van der Waals surface area contributed by atoms with Crippen molar-refractivity contribution >= 4 is 17.4 Å². The van der Waals surface area contributed by atoms with E-state index in [4.69, 9.17) is 9.15 Å². The summed E-state index contributed by atoms with van der Waals surface area (Å²) in [6.07, 6.45) is 0. The van der Waals surface area contributed by atoms with Gasteiger partial charge in [-0.3, -0.25) is 9.59 Å². The van der Waals surface area contributed by atoms with Crippen molar-refractivity contribution in [2.24, 2.45) is 0 Å². The zero-order chi connectivity index (χ0) is 20.4. The lowest BCUT2D eigenvalue weighted by Gasteiger charge is -2.24. The van der Waals surface area contributed by atoms with E-state index in [1.165, 1.54) is 12.0 Å². The van der Waals surface area contributed by atoms with Crippen molar-refractivity contribution in [1.82, 2.24) is 9.80 Å². The molecule has 2 heterocycles. The lowest BCUT2D eigenvalue weighted by Crippen LogP contribution is -2.35. The third kappa shape index (κ3) is 3.66. The highest BCUT2D eigenvalue weighted by Gasteiger charge is 2.47. The molecule has 28 heavy (non-hydrogen) atoms. The minimum atomic E-state index is -0.778. The molecule has 1 unspecified atom stereocenters. The van der Waals surface area contributed by atoms with E-state index in [1.54, 1.807) is 43.3 Å². The number of ketones is 1. The van der Waals surface area contributed by atoms with Crippen molar-refractivity contribution in [3.8, 4) is 5.75 Å². The highest BCUT2D eigenvalue weighted by Crippen LogP contribution is 2.40. The Morgan fingerprint density at radius 2 is 2.00 bits per heavy atom. The summed E-state index contributed by atoms with van der Waals surface area (Å²) in [6.45, 7) is 2.69. The number of Topliss-reactive ketones (excluding diaryl/α,β-unsaturated/α-hetero) is 1. The van der Waals surface area contributed by atoms with Crippen LogP contribution in [0.5, 0.6) is 5.75 Å². The second kappa shape index (κ2) is 7.90. The fourth-order valence-corrected chi connectivity index (χ4v) is 3.24. The summed E-state index contributed by atoms with van der Waals surface area (Å²) < 4.78 is 10.9. The number of carbonyl (C=O) groups is 2. The van der Waals surface area contributed by atoms with Crippen molar-refractivity contribution in [2.45, 2.75) is 13.0 Å². The number of nitrogens with zero attached hydrogens (tertiary/aromatic N) is 2. The summed E-state index contributed by atoms with van der Waals surface area (Å²) in [6, 6.07) is 9.45. The number of benzene rings is 1. The van der Waals surface area contributed by atoms with Gasteiger partial charge in [0.2, 0.25) is 0 Å². The first-order valence-corrected chi connectivity index (χ1v) is 8.97. The summed E-state index contributed by atoms with van der Waals surface area (Å²) in [5.41, 5.74) is 0.421. The van der Waals surface area contributed by atoms with Gasteiger partial charge in [0.05, 0.1) is 12.7 Å². The van der Waals surface area contributed by atoms with Crippen LogP contribution in [0.2, 0.25) is 0 Å². The molecule has 7 nitrogen and oxygen atoms in total. The van der Waals surface area contributed by atoms with Gasteiger partial charge in [0.1, 0.15) is 29.1 Å². The molecule has 0 spiro atoms. The van der Waals surface area contributed by atoms with Crippen LogP contribution in [-0.2, 0) is 9.59 Å². The van der Waals surface area contributed by atoms with E-state index in [0.717, 1.165) is 0 Å². The van der Waals surface area contributed by atoms with Crippen LogP contribution in [0.1, 0.15) is 23.1 Å². The molecule has 3 rings (SSSR count). The van der Waals surface area contributed by atoms with E-state index in [1.807, 2.05) is 19.0 Å². The molecule has 1 fully saturated rings. The normalized spacial score (nSPS) is 18.9. The first-order chi connectivity index (χ1) is 13.3. The number of hydrogen-bond donors (Lipinski definition) is 1. The Morgan fingerprint density at radius 3 is 2.61 bits per heavy atom. The van der Waals surface area contributed by atoms with E-state index >= 15 is 0 Å². The van der Waals surface area contributed by atoms with Gasteiger partial charge >= 0.3 is 0 Å². The molecule has 0 saturated carbocycles. The number of aliphatic hydroxyl groups is 1. The van der Waals surface area contributed by atoms with E-state index < -0.39 is 17.7 Å². The predicted molar refractivity (Wildman–Crippen MR) is 104 cm³/mol. The largest absolute Gasteiger partial charge is 0.507 e. The highest BCUT2D eigenvalue weighted by atomic mass is 16.5. The van der Waals surface area contributed by atoms with Crippen molar-refractivity contribution in [3.63, 3.8) is 0 Å². The fraction of sp³-hybridized carbons (Fsp3) is 0.333. The Morgan fingerprint density at radius 1 is 1.25 bits per heavy atom. The second-order valence-electron chi connectivity index (χ2n) is 6.98. The number of carbonyl (C=O) groups excluding carboxylic acids is 2. The Labute approximate surface area is 163 Å². The van der Waals surface area contributed by atoms with Gasteiger partial charge in [-0.2, -0.15) is 0 Å². The lowest BCUT2D eigenvalue weighted by atomic mass is 9.99. The molecular formula is C21H24N2O5. The van der Waals surface area contributed by atoms with Gasteiger partial charge < -0.3 is 24.1 Å². The van der Waals surface area contributed by atoms with Crippen molar-refractivity contribution in [3.05, 3.63) is 59.1 Å². The van der Waals surface area contributed by atoms with Crippen LogP contribution < -0.4 is 4.74 Å². The van der Waals surface area contributed by atoms with Crippen LogP contribution in [-0.4, -0.2) is 60.9 Å². The van der Waals surface area contributed by atoms with E-state index in [0.29, 0.717) is 35.9 Å². The molecule has 0 aliphatic carbocycles. The van der Waals surface area contributed by atoms with Gasteiger partial charge in [0, 0.05) is 18.7 Å². The molecule has 1 saturated heterocycles. The number of amides is 1. The summed E-state index contributed by atoms with van der Waals surface area (Å²) in [4.78, 5) is 28.9. The van der Waals surface area contributed by atoms with Crippen molar-refractivity contribution in [2.75, 3.05) is 34.3 Å². The van der Waals surface area contributed by atoms with E-state index in [-0.39, 0.29) is 11.3 Å². The zero-order valence-electron chi connectivity index (χ0n) is 16.4. The molecule has 1 aromatic heterocycles. The molecule has 148 valence electrons. The Balaban J connectivity index is 2.13. The smallest absolute Gasteiger partial charge is 0.295 e. The first kappa shape index (κ1) is 19.7. The molecule has 1 aromatic carbocycles. The maximum absolute atomic E-state index is 12.8. The second-order valence-corrected chi connectivity index (χ2v) is 6.98. The molecular weight excluding hydrogens is 360 g/mol. The van der Waals surface area contributed by atoms with Crippen LogP contribution in [0.3, 0.4) is 0 Å². The Kier molecular flexibility index (Phi) is 5.56. The molecule has 0 bridgehead atoms. The molecule has 1 N–H and O–H groups in total. The number of rotatable bonds is 6. The number of methoxy groups -OCH3 is 1. The average Bonchev–Trinajstić information content (AvgIpc) is 3.21. The highest BCUT2D eigenvalue weighted by molar-refractivity contribution is 6.46. The fourth-order valence-electron chi connectivity index (χ4n) is 3.24. The SMILES string of the molecule is COc1cccc(/C(O)=C2/C(=O)C(=O)N(CCN(C)C)C2c2ccc(C)o2)c1. The number of likely N-dealkylation sites (N-methyl/N-ethyl adjacent to an activating group) is 1. The number of furan rings is 1. The molecule has 2 aromatic rings. The Hall–Kier alpha value is -3.06. The summed E-state index contributed by atoms with van der Waals surface area (Å²) >= 11 is 0. The summed E-state index contributed by atoms with van der Waals surface area (Å²) in [7, 11) is 5.29. The van der Waals surface area contributed by atoms with E-state index in [2.05, 4.69) is 0 Å². The lowest BCUT2D eigenvalue weighted by molar-refractivity contribution is -0.140. The molecule has 1 aliphatic heterocycles. The van der Waals surface area contributed by atoms with Gasteiger partial charge in [-0.25, -0.2) is 0 Å². The third-order valence-electron chi connectivity index (χ3n) is 4.70. The monoisotopic (exact) mass is 384 g/mol. The van der Waals surface area contributed by atoms with Crippen molar-refractivity contribution < 1.29 is 23.8 Å². The maximum atomic E-state index is 12.8. The quantitative estimate of drug-likeness (QED) is 0.468. The standard InChI is InChI=1S/C21H24N2O5/c1-13-8-9-16(28-13)18-17(19(24)14-6-5-7-15(12-14)27-4)20(25)21(26)23(18)11-10-22(2)3/h5-9,12,18,24H,10-11H2,1-4H3/b19-17-. The zero-order valence-corrected chi connectivity index (χ0v) is 16.4. The van der Waals surface area contributed by atoms with E-state index in [9.17, 15) is 14.7 Å². The number of likely N-dealkylation sites (tertiary alicyclic amines) is 1. The molecule has 1 aliphatic rings. The topological polar surface area (TPSA) is 83.2 Å². The van der Waals surface area contributed by atoms with Crippen molar-refractivity contribution in [1.29, 1.82) is 0 Å². The first-order valence-electron chi connectivity index (χ1n) is 8.97. The van der Waals surface area contributed by atoms with Crippen LogP contribution in [0.25, 0.3) is 5.76 Å². The van der Waals surface area contributed by atoms with Crippen LogP contribution in [0.4, 0.5) is 0 Å². The average molecular weight is 384 g/mol. The molecule has 7 heteroatoms. The molecule has 0 radical (unpaired) electrons. The minimum Gasteiger partial charge on any atom is -0.507 e. The van der Waals surface area contributed by atoms with Crippen LogP contribution in [0.15, 0.2) is 46.4 Å². The van der Waals surface area contributed by atoms with Crippen LogP contribution >= 0.6 is 0 Å². The third-order valence-corrected chi connectivity index (χ3v) is 4.70. The molecule has 1 atom stereocenters. The van der Waals surface area contributed by atoms with Gasteiger partial charge in [-0.15, -0.1) is 0 Å². The van der Waals surface area contributed by atoms with Gasteiger partial charge in [0.25, 0.3) is 11.7 Å². The Bertz CT molecular complexity index is 928. The van der Waals surface area contributed by atoms with Gasteiger partial charge in [0.15, 0.2) is 0 Å². The number of ether oxygens (including phenoxy) is 1.